The van der Waals surface area contributed by atoms with E-state index >= 15 is 0 Å². The second-order valence-corrected chi connectivity index (χ2v) is 31.3. The third-order valence-electron chi connectivity index (χ3n) is 24.0. The van der Waals surface area contributed by atoms with Crippen LogP contribution in [-0.4, -0.2) is 150 Å². The maximum atomic E-state index is 12.3. The van der Waals surface area contributed by atoms with E-state index in [1.54, 1.807) is 24.3 Å². The number of benzene rings is 6. The van der Waals surface area contributed by atoms with Crippen molar-refractivity contribution in [3.8, 4) is 17.2 Å². The van der Waals surface area contributed by atoms with E-state index in [1.807, 2.05) is 54.6 Å². The molecular weight excluding hydrogens is 1360 g/mol. The molecule has 12 atom stereocenters. The molecule has 3 aliphatic heterocycles. The summed E-state index contributed by atoms with van der Waals surface area (Å²) in [5, 5.41) is 42.7. The van der Waals surface area contributed by atoms with Crippen LogP contribution in [0.2, 0.25) is 15.1 Å². The SMILES string of the molecule is C=C[C@H](O)[C@@H]1CC[C@H]1CN1C[C@@]2(CCCc3cc(Cl)ccc32)COc2ccc(C(=O)OC)cc21.COC(=O)c1ccc2c(c1)N(C[C@@H]1CC[C@H]1C=O)C[C@@]1(CCCc3cc(Cl)ccc31)CO2.COC(=O)c1ccc2c(c1)N(C[C@@H]1CC[C@H]1[C@@H](O)C(O)CO)C[C@@]1(CCCc3cc(Cl)ccc31)CO2. The van der Waals surface area contributed by atoms with E-state index < -0.39 is 30.9 Å². The topological polar surface area (TPSA) is 214 Å². The van der Waals surface area contributed by atoms with Gasteiger partial charge < -0.3 is 68.3 Å². The van der Waals surface area contributed by atoms with Gasteiger partial charge in [-0.1, -0.05) is 59.1 Å². The number of ether oxygens (including phenoxy) is 6. The van der Waals surface area contributed by atoms with Gasteiger partial charge in [-0.15, -0.1) is 6.58 Å². The predicted octanol–water partition coefficient (Wildman–Crippen LogP) is 13.3. The van der Waals surface area contributed by atoms with Crippen LogP contribution < -0.4 is 28.9 Å². The van der Waals surface area contributed by atoms with Gasteiger partial charge in [0.15, 0.2) is 0 Å². The Morgan fingerprint density at radius 3 is 1.20 bits per heavy atom. The molecule has 4 N–H and O–H groups in total. The van der Waals surface area contributed by atoms with E-state index in [2.05, 4.69) is 57.7 Å². The van der Waals surface area contributed by atoms with E-state index in [9.17, 15) is 39.6 Å². The van der Waals surface area contributed by atoms with Crippen LogP contribution in [0.1, 0.15) is 142 Å². The number of aryl methyl sites for hydroxylation is 3. The Hall–Kier alpha value is -7.35. The van der Waals surface area contributed by atoms with Crippen LogP contribution in [0.25, 0.3) is 0 Å². The predicted molar refractivity (Wildman–Crippen MR) is 395 cm³/mol. The van der Waals surface area contributed by atoms with Crippen LogP contribution in [0, 0.1) is 35.5 Å². The minimum Gasteiger partial charge on any atom is -0.490 e. The first-order chi connectivity index (χ1) is 49.3. The minimum absolute atomic E-state index is 0.100. The average Bonchev–Trinajstić information content (AvgIpc) is 1.35. The Morgan fingerprint density at radius 2 is 0.882 bits per heavy atom. The molecule has 542 valence electrons. The number of aliphatic hydroxyl groups is 4. The van der Waals surface area contributed by atoms with Crippen molar-refractivity contribution in [1.82, 2.24) is 0 Å². The van der Waals surface area contributed by atoms with Crippen molar-refractivity contribution >= 4 is 76.1 Å². The zero-order valence-corrected chi connectivity index (χ0v) is 60.7. The lowest BCUT2D eigenvalue weighted by molar-refractivity contribution is -0.115. The zero-order chi connectivity index (χ0) is 71.6. The van der Waals surface area contributed by atoms with Gasteiger partial charge in [0.2, 0.25) is 0 Å². The molecule has 20 heteroatoms. The molecule has 6 aliphatic carbocycles. The molecular formula is C82H94Cl3N3O14. The monoisotopic (exact) mass is 1450 g/mol. The Labute approximate surface area is 612 Å². The quantitative estimate of drug-likeness (QED) is 0.0326. The Kier molecular flexibility index (Phi) is 22.3. The van der Waals surface area contributed by atoms with Gasteiger partial charge in [-0.3, -0.25) is 0 Å². The summed E-state index contributed by atoms with van der Waals surface area (Å²) in [6.45, 7) is 9.46. The molecule has 9 aliphatic rings. The highest BCUT2D eigenvalue weighted by molar-refractivity contribution is 6.31. The average molecular weight is 1450 g/mol. The molecule has 0 radical (unpaired) electrons. The van der Waals surface area contributed by atoms with Crippen LogP contribution in [0.3, 0.4) is 0 Å². The number of fused-ring (bicyclic) bond motifs is 9. The first-order valence-corrected chi connectivity index (χ1v) is 37.4. The third-order valence-corrected chi connectivity index (χ3v) is 24.7. The largest absolute Gasteiger partial charge is 0.490 e. The molecule has 3 heterocycles. The number of nitrogens with zero attached hydrogens (tertiary/aromatic N) is 3. The van der Waals surface area contributed by atoms with Crippen molar-refractivity contribution in [3.63, 3.8) is 0 Å². The molecule has 3 saturated carbocycles. The number of esters is 3. The fourth-order valence-corrected chi connectivity index (χ4v) is 18.6. The molecule has 17 nitrogen and oxygen atoms in total. The van der Waals surface area contributed by atoms with Gasteiger partial charge in [-0.25, -0.2) is 14.4 Å². The van der Waals surface area contributed by atoms with Crippen molar-refractivity contribution < 1.29 is 68.0 Å². The van der Waals surface area contributed by atoms with Crippen molar-refractivity contribution in [1.29, 1.82) is 0 Å². The fraction of sp³-hybridized carbons (Fsp3) is 0.488. The van der Waals surface area contributed by atoms with Crippen molar-refractivity contribution in [2.45, 2.75) is 131 Å². The van der Waals surface area contributed by atoms with Gasteiger partial charge in [0.25, 0.3) is 0 Å². The lowest BCUT2D eigenvalue weighted by Crippen LogP contribution is -2.51. The normalized spacial score (nSPS) is 26.4. The van der Waals surface area contributed by atoms with Crippen molar-refractivity contribution in [2.75, 3.05) is 102 Å². The van der Waals surface area contributed by atoms with Gasteiger partial charge in [0.05, 0.1) is 93.7 Å². The maximum absolute atomic E-state index is 12.3. The first kappa shape index (κ1) is 73.0. The summed E-state index contributed by atoms with van der Waals surface area (Å²) >= 11 is 19.0. The van der Waals surface area contributed by atoms with Gasteiger partial charge >= 0.3 is 17.9 Å². The number of anilines is 3. The summed E-state index contributed by atoms with van der Waals surface area (Å²) in [6, 6.07) is 35.0. The van der Waals surface area contributed by atoms with Gasteiger partial charge in [-0.2, -0.15) is 0 Å². The zero-order valence-electron chi connectivity index (χ0n) is 58.5. The van der Waals surface area contributed by atoms with E-state index in [4.69, 9.17) is 63.2 Å². The standard InChI is InChI=1S/C28H34ClNO6.C28H32ClNO4.C26H28ClNO4/c1-35-27(34)18-5-9-25-23(12-18)30(13-19-4-7-21(19)26(33)24(32)14-31)15-28(16-36-25)10-2-3-17-11-20(29)6-8-22(17)28;1-3-25(31)22-9-6-20(22)15-30-16-28(12-4-5-18-13-21(29)8-10-23(18)28)17-34-26-11-7-19(14-24(26)30)27(32)33-2;1-31-25(30)18-6-9-24-23(12-18)28(13-19-4-5-20(19)14-29)15-26(16-32-24)10-2-3-17-11-21(27)7-8-22(17)26/h5-6,8-9,11-12,19,21,24,26,31-33H,2-4,7,10,13-16H2,1H3;3,7-8,10-11,13-14,20,22,25,31H,1,4-6,9,12,15-17H2,2H3;6-9,11-12,14,19-20H,2-5,10,13,15-16H2,1H3/t19-,21+,24?,26+,28-;20-,22+,25-,28-;19-,20-,26-/m000/s1. The number of carbonyl (C=O) groups is 4. The number of hydrogen-bond donors (Lipinski definition) is 4. The molecule has 0 bridgehead atoms. The summed E-state index contributed by atoms with van der Waals surface area (Å²) in [6.07, 6.45) is 15.2. The third kappa shape index (κ3) is 14.8. The van der Waals surface area contributed by atoms with Crippen LogP contribution in [0.4, 0.5) is 17.1 Å². The first-order valence-electron chi connectivity index (χ1n) is 36.2. The molecule has 0 amide bonds. The number of halogens is 3. The number of aliphatic hydroxyl groups excluding tert-OH is 4. The lowest BCUT2D eigenvalue weighted by Gasteiger charge is -2.46. The number of methoxy groups -OCH3 is 3. The van der Waals surface area contributed by atoms with Crippen LogP contribution in [0.15, 0.2) is 122 Å². The summed E-state index contributed by atoms with van der Waals surface area (Å²) in [5.74, 6) is 2.19. The minimum atomic E-state index is -1.15. The molecule has 0 aromatic heterocycles. The van der Waals surface area contributed by atoms with Gasteiger partial charge in [0, 0.05) is 76.5 Å². The van der Waals surface area contributed by atoms with Crippen LogP contribution in [-0.2, 0) is 54.5 Å². The van der Waals surface area contributed by atoms with E-state index in [0.29, 0.717) is 67.2 Å². The molecule has 15 rings (SSSR count). The second kappa shape index (κ2) is 31.1. The molecule has 3 fully saturated rings. The summed E-state index contributed by atoms with van der Waals surface area (Å²) in [5.41, 5.74) is 11.3. The van der Waals surface area contributed by atoms with Gasteiger partial charge in [-0.05, 0) is 250 Å². The number of carbonyl (C=O) groups excluding carboxylic acids is 4. The van der Waals surface area contributed by atoms with E-state index in [-0.39, 0.29) is 51.9 Å². The van der Waals surface area contributed by atoms with Crippen LogP contribution in [0.5, 0.6) is 17.2 Å². The molecule has 0 saturated heterocycles. The molecule has 1 unspecified atom stereocenters. The lowest BCUT2D eigenvalue weighted by atomic mass is 9.68. The van der Waals surface area contributed by atoms with Crippen molar-refractivity contribution in [3.05, 3.63) is 187 Å². The Balaban J connectivity index is 0.000000137. The summed E-state index contributed by atoms with van der Waals surface area (Å²) < 4.78 is 34.2. The smallest absolute Gasteiger partial charge is 0.337 e. The van der Waals surface area contributed by atoms with E-state index in [1.165, 1.54) is 54.7 Å². The van der Waals surface area contributed by atoms with Crippen molar-refractivity contribution in [2.24, 2.45) is 35.5 Å². The van der Waals surface area contributed by atoms with Crippen LogP contribution >= 0.6 is 34.8 Å². The highest BCUT2D eigenvalue weighted by Crippen LogP contribution is 2.51. The maximum Gasteiger partial charge on any atom is 0.337 e. The highest BCUT2D eigenvalue weighted by Gasteiger charge is 2.49. The second-order valence-electron chi connectivity index (χ2n) is 29.9. The highest BCUT2D eigenvalue weighted by atomic mass is 35.5. The summed E-state index contributed by atoms with van der Waals surface area (Å²) in [7, 11) is 4.16. The molecule has 6 aromatic rings. The Morgan fingerprint density at radius 1 is 0.520 bits per heavy atom. The summed E-state index contributed by atoms with van der Waals surface area (Å²) in [4.78, 5) is 55.4. The van der Waals surface area contributed by atoms with Gasteiger partial charge in [0.1, 0.15) is 29.6 Å². The van der Waals surface area contributed by atoms with E-state index in [0.717, 1.165) is 172 Å². The molecule has 102 heavy (non-hydrogen) atoms. The molecule has 3 spiro atoms. The Bertz CT molecular complexity index is 4100. The molecule has 6 aromatic carbocycles. The fourth-order valence-electron chi connectivity index (χ4n) is 18.0. The number of aldehydes is 1. The number of rotatable bonds is 15. The number of hydrogen-bond acceptors (Lipinski definition) is 17.